The maximum atomic E-state index is 12.5. The second kappa shape index (κ2) is 8.79. The predicted octanol–water partition coefficient (Wildman–Crippen LogP) is 2.98. The lowest BCUT2D eigenvalue weighted by Crippen LogP contribution is -2.31. The molecule has 1 atom stereocenters. The Kier molecular flexibility index (Phi) is 6.48. The Morgan fingerprint density at radius 1 is 1.15 bits per heavy atom. The summed E-state index contributed by atoms with van der Waals surface area (Å²) in [5.41, 5.74) is 0.115. The van der Waals surface area contributed by atoms with E-state index < -0.39 is 22.9 Å². The fourth-order valence-corrected chi connectivity index (χ4v) is 2.36. The summed E-state index contributed by atoms with van der Waals surface area (Å²) in [5, 5.41) is 11.2. The van der Waals surface area contributed by atoms with Crippen LogP contribution in [0, 0.1) is 10.1 Å². The van der Waals surface area contributed by atoms with E-state index >= 15 is 0 Å². The van der Waals surface area contributed by atoms with Gasteiger partial charge in [-0.05, 0) is 19.1 Å². The molecule has 8 nitrogen and oxygen atoms in total. The molecule has 1 amide bonds. The first kappa shape index (κ1) is 19.9. The van der Waals surface area contributed by atoms with Gasteiger partial charge in [0.15, 0.2) is 5.75 Å². The Bertz CT molecular complexity index is 835. The summed E-state index contributed by atoms with van der Waals surface area (Å²) >= 11 is 0. The van der Waals surface area contributed by atoms with Crippen molar-refractivity contribution in [3.8, 4) is 5.75 Å². The summed E-state index contributed by atoms with van der Waals surface area (Å²) in [4.78, 5) is 36.9. The molecule has 0 radical (unpaired) electrons. The normalized spacial score (nSPS) is 11.4. The maximum Gasteiger partial charge on any atom is 0.339 e. The van der Waals surface area contributed by atoms with E-state index in [-0.39, 0.29) is 23.6 Å². The summed E-state index contributed by atoms with van der Waals surface area (Å²) in [6.45, 7) is 1.95. The van der Waals surface area contributed by atoms with Gasteiger partial charge in [-0.2, -0.15) is 0 Å². The van der Waals surface area contributed by atoms with E-state index in [0.29, 0.717) is 5.56 Å². The van der Waals surface area contributed by atoms with Crippen LogP contribution in [0.2, 0.25) is 0 Å². The lowest BCUT2D eigenvalue weighted by molar-refractivity contribution is -0.385. The lowest BCUT2D eigenvalue weighted by atomic mass is 10.1. The van der Waals surface area contributed by atoms with Crippen molar-refractivity contribution < 1.29 is 24.0 Å². The molecule has 0 bridgehead atoms. The molecule has 1 unspecified atom stereocenters. The Morgan fingerprint density at radius 2 is 1.81 bits per heavy atom. The van der Waals surface area contributed by atoms with Crippen LogP contribution in [0.25, 0.3) is 0 Å². The van der Waals surface area contributed by atoms with E-state index in [1.807, 2.05) is 0 Å². The number of carbonyl (C=O) groups is 2. The highest BCUT2D eigenvalue weighted by molar-refractivity contribution is 5.93. The molecule has 0 aromatic heterocycles. The molecule has 0 spiro atoms. The van der Waals surface area contributed by atoms with Crippen LogP contribution in [0.3, 0.4) is 0 Å². The zero-order valence-electron chi connectivity index (χ0n) is 15.2. The quantitative estimate of drug-likeness (QED) is 0.421. The smallest absolute Gasteiger partial charge is 0.339 e. The molecule has 2 aromatic carbocycles. The van der Waals surface area contributed by atoms with Crippen molar-refractivity contribution in [3.05, 3.63) is 69.8 Å². The molecule has 0 N–H and O–H groups in total. The fraction of sp³-hybridized carbons (Fsp3) is 0.263. The molecule has 2 aromatic rings. The Labute approximate surface area is 156 Å². The number of hydrogen-bond acceptors (Lipinski definition) is 6. The molecule has 142 valence electrons. The minimum atomic E-state index is -1.15. The van der Waals surface area contributed by atoms with E-state index in [1.165, 1.54) is 17.0 Å². The summed E-state index contributed by atoms with van der Waals surface area (Å²) in [7, 11) is 3.10. The predicted molar refractivity (Wildman–Crippen MR) is 97.6 cm³/mol. The summed E-state index contributed by atoms with van der Waals surface area (Å²) in [6, 6.07) is 12.3. The van der Waals surface area contributed by atoms with Gasteiger partial charge in [-0.15, -0.1) is 0 Å². The van der Waals surface area contributed by atoms with Crippen LogP contribution in [0.4, 0.5) is 5.69 Å². The fourth-order valence-electron chi connectivity index (χ4n) is 2.36. The van der Waals surface area contributed by atoms with Crippen LogP contribution in [0.5, 0.6) is 5.75 Å². The number of likely N-dealkylation sites (N-methyl/N-ethyl adjacent to an activating group) is 1. The Balaban J connectivity index is 2.33. The van der Waals surface area contributed by atoms with Gasteiger partial charge in [-0.1, -0.05) is 30.3 Å². The second-order valence-electron chi connectivity index (χ2n) is 5.80. The molecule has 0 aliphatic carbocycles. The van der Waals surface area contributed by atoms with Crippen LogP contribution >= 0.6 is 0 Å². The number of amides is 1. The van der Waals surface area contributed by atoms with E-state index in [2.05, 4.69) is 0 Å². The Hall–Kier alpha value is -3.42. The first-order chi connectivity index (χ1) is 12.8. The van der Waals surface area contributed by atoms with Crippen molar-refractivity contribution in [2.75, 3.05) is 20.7 Å². The third kappa shape index (κ3) is 4.81. The van der Waals surface area contributed by atoms with Gasteiger partial charge in [0.1, 0.15) is 0 Å². The molecule has 0 fully saturated rings. The zero-order chi connectivity index (χ0) is 20.0. The van der Waals surface area contributed by atoms with Crippen molar-refractivity contribution in [2.45, 2.75) is 13.0 Å². The highest BCUT2D eigenvalue weighted by Gasteiger charge is 2.28. The van der Waals surface area contributed by atoms with E-state index in [9.17, 15) is 19.7 Å². The van der Waals surface area contributed by atoms with Crippen LogP contribution in [-0.2, 0) is 9.53 Å². The van der Waals surface area contributed by atoms with Crippen LogP contribution in [-0.4, -0.2) is 42.4 Å². The summed E-state index contributed by atoms with van der Waals surface area (Å²) in [6.07, 6.45) is -1.15. The standard InChI is InChI=1S/C19H20N2O6/c1-4-26-16-11-10-14(12-15(16)21(24)25)19(23)27-17(18(22)20(2)3)13-8-6-5-7-9-13/h5-12,17H,4H2,1-3H3. The average molecular weight is 372 g/mol. The zero-order valence-corrected chi connectivity index (χ0v) is 15.2. The van der Waals surface area contributed by atoms with E-state index in [0.717, 1.165) is 6.07 Å². The van der Waals surface area contributed by atoms with Gasteiger partial charge in [0.05, 0.1) is 17.1 Å². The number of ether oxygens (including phenoxy) is 2. The van der Waals surface area contributed by atoms with E-state index in [1.54, 1.807) is 51.4 Å². The number of carbonyl (C=O) groups excluding carboxylic acids is 2. The van der Waals surface area contributed by atoms with Crippen molar-refractivity contribution >= 4 is 17.6 Å². The largest absolute Gasteiger partial charge is 0.487 e. The van der Waals surface area contributed by atoms with Gasteiger partial charge in [0.25, 0.3) is 5.91 Å². The van der Waals surface area contributed by atoms with Crippen molar-refractivity contribution in [1.29, 1.82) is 0 Å². The lowest BCUT2D eigenvalue weighted by Gasteiger charge is -2.21. The second-order valence-corrected chi connectivity index (χ2v) is 5.80. The molecular weight excluding hydrogens is 352 g/mol. The van der Waals surface area contributed by atoms with Crippen LogP contribution in [0.1, 0.15) is 28.9 Å². The molecule has 8 heteroatoms. The molecule has 0 aliphatic heterocycles. The van der Waals surface area contributed by atoms with Gasteiger partial charge in [0.2, 0.25) is 6.10 Å². The third-order valence-electron chi connectivity index (χ3n) is 3.68. The average Bonchev–Trinajstić information content (AvgIpc) is 2.66. The number of esters is 1. The van der Waals surface area contributed by atoms with Crippen molar-refractivity contribution in [3.63, 3.8) is 0 Å². The first-order valence-electron chi connectivity index (χ1n) is 8.23. The molecule has 0 saturated heterocycles. The topological polar surface area (TPSA) is 99.0 Å². The Morgan fingerprint density at radius 3 is 2.37 bits per heavy atom. The number of nitrogens with zero attached hydrogens (tertiary/aromatic N) is 2. The minimum absolute atomic E-state index is 0.0439. The third-order valence-corrected chi connectivity index (χ3v) is 3.68. The molecular formula is C19H20N2O6. The molecule has 0 saturated carbocycles. The SMILES string of the molecule is CCOc1ccc(C(=O)OC(C(=O)N(C)C)c2ccccc2)cc1[N+](=O)[O-]. The summed E-state index contributed by atoms with van der Waals surface area (Å²) < 4.78 is 10.6. The number of nitro groups is 1. The van der Waals surface area contributed by atoms with Gasteiger partial charge >= 0.3 is 11.7 Å². The number of benzene rings is 2. The summed E-state index contributed by atoms with van der Waals surface area (Å²) in [5.74, 6) is -1.21. The van der Waals surface area contributed by atoms with Gasteiger partial charge in [-0.3, -0.25) is 14.9 Å². The molecule has 0 aliphatic rings. The molecule has 2 rings (SSSR count). The highest BCUT2D eigenvalue weighted by Crippen LogP contribution is 2.29. The molecule has 27 heavy (non-hydrogen) atoms. The van der Waals surface area contributed by atoms with E-state index in [4.69, 9.17) is 9.47 Å². The number of rotatable bonds is 7. The van der Waals surface area contributed by atoms with Crippen molar-refractivity contribution in [2.24, 2.45) is 0 Å². The number of nitro benzene ring substituents is 1. The van der Waals surface area contributed by atoms with Crippen LogP contribution in [0.15, 0.2) is 48.5 Å². The van der Waals surface area contributed by atoms with Crippen molar-refractivity contribution in [1.82, 2.24) is 4.90 Å². The maximum absolute atomic E-state index is 12.5. The van der Waals surface area contributed by atoms with Gasteiger partial charge in [-0.25, -0.2) is 4.79 Å². The minimum Gasteiger partial charge on any atom is -0.487 e. The molecule has 0 heterocycles. The van der Waals surface area contributed by atoms with Gasteiger partial charge < -0.3 is 14.4 Å². The first-order valence-corrected chi connectivity index (χ1v) is 8.23. The van der Waals surface area contributed by atoms with Crippen LogP contribution < -0.4 is 4.74 Å². The number of hydrogen-bond donors (Lipinski definition) is 0. The highest BCUT2D eigenvalue weighted by atomic mass is 16.6. The van der Waals surface area contributed by atoms with Gasteiger partial charge in [0, 0.05) is 25.7 Å². The monoisotopic (exact) mass is 372 g/mol.